The van der Waals surface area contributed by atoms with Crippen LogP contribution in [0.4, 0.5) is 10.2 Å². The summed E-state index contributed by atoms with van der Waals surface area (Å²) in [4.78, 5) is 16.3. The Labute approximate surface area is 168 Å². The largest absolute Gasteiger partial charge is 0.381 e. The molecule has 0 saturated carbocycles. The minimum atomic E-state index is -0.379. The molecule has 0 aliphatic carbocycles. The third kappa shape index (κ3) is 4.37. The van der Waals surface area contributed by atoms with Crippen LogP contribution in [0.15, 0.2) is 47.7 Å². The van der Waals surface area contributed by atoms with Gasteiger partial charge in [-0.05, 0) is 31.4 Å². The van der Waals surface area contributed by atoms with Gasteiger partial charge in [-0.25, -0.2) is 14.1 Å². The number of hydrogen-bond acceptors (Lipinski definition) is 5. The lowest BCUT2D eigenvalue weighted by atomic mass is 10.1. The van der Waals surface area contributed by atoms with Crippen molar-refractivity contribution in [2.45, 2.75) is 38.8 Å². The van der Waals surface area contributed by atoms with Gasteiger partial charge < -0.3 is 14.6 Å². The van der Waals surface area contributed by atoms with Crippen molar-refractivity contribution < 1.29 is 9.13 Å². The van der Waals surface area contributed by atoms with Gasteiger partial charge >= 0.3 is 0 Å². The number of rotatable bonds is 6. The van der Waals surface area contributed by atoms with Gasteiger partial charge in [0.05, 0.1) is 16.9 Å². The van der Waals surface area contributed by atoms with Gasteiger partial charge in [-0.2, -0.15) is 5.10 Å². The first-order chi connectivity index (χ1) is 14.1. The van der Waals surface area contributed by atoms with Crippen molar-refractivity contribution in [1.29, 1.82) is 0 Å². The molecule has 0 aromatic carbocycles. The lowest BCUT2D eigenvalue weighted by Gasteiger charge is -2.23. The molecule has 0 radical (unpaired) electrons. The fourth-order valence-corrected chi connectivity index (χ4v) is 3.43. The minimum Gasteiger partial charge on any atom is -0.381 e. The molecule has 0 bridgehead atoms. The molecule has 4 heterocycles. The van der Waals surface area contributed by atoms with Gasteiger partial charge in [0.2, 0.25) is 0 Å². The van der Waals surface area contributed by atoms with E-state index in [4.69, 9.17) is 4.74 Å². The van der Waals surface area contributed by atoms with E-state index in [1.54, 1.807) is 33.8 Å². The summed E-state index contributed by atoms with van der Waals surface area (Å²) in [5.41, 5.74) is 1.52. The van der Waals surface area contributed by atoms with Crippen LogP contribution in [-0.2, 0) is 11.3 Å². The molecule has 0 amide bonds. The maximum atomic E-state index is 14.7. The van der Waals surface area contributed by atoms with Crippen molar-refractivity contribution in [3.05, 3.63) is 59.0 Å². The molecule has 1 aliphatic rings. The number of aryl methyl sites for hydroxylation is 1. The lowest BCUT2D eigenvalue weighted by molar-refractivity contribution is 0.0904. The van der Waals surface area contributed by atoms with Gasteiger partial charge in [-0.1, -0.05) is 6.92 Å². The highest BCUT2D eigenvalue weighted by Crippen LogP contribution is 2.24. The van der Waals surface area contributed by atoms with Crippen LogP contribution >= 0.6 is 0 Å². The van der Waals surface area contributed by atoms with E-state index < -0.39 is 0 Å². The van der Waals surface area contributed by atoms with E-state index in [9.17, 15) is 9.18 Å². The first-order valence-electron chi connectivity index (χ1n) is 9.91. The van der Waals surface area contributed by atoms with Gasteiger partial charge in [0.15, 0.2) is 0 Å². The van der Waals surface area contributed by atoms with Crippen molar-refractivity contribution in [3.63, 3.8) is 0 Å². The predicted molar refractivity (Wildman–Crippen MR) is 109 cm³/mol. The fraction of sp³-hybridized carbons (Fsp3) is 0.381. The Balaban J connectivity index is 1.54. The topological polar surface area (TPSA) is 74.0 Å². The molecule has 8 heteroatoms. The summed E-state index contributed by atoms with van der Waals surface area (Å²) in [7, 11) is 0. The highest BCUT2D eigenvalue weighted by Gasteiger charge is 2.16. The molecule has 4 rings (SSSR count). The summed E-state index contributed by atoms with van der Waals surface area (Å²) in [6.07, 6.45) is 7.64. The molecule has 0 spiro atoms. The Hall–Kier alpha value is -3.00. The van der Waals surface area contributed by atoms with Crippen LogP contribution in [0.2, 0.25) is 0 Å². The summed E-state index contributed by atoms with van der Waals surface area (Å²) in [5.74, 6) is 0.139. The number of anilines is 1. The summed E-state index contributed by atoms with van der Waals surface area (Å²) >= 11 is 0. The van der Waals surface area contributed by atoms with Crippen LogP contribution in [0.3, 0.4) is 0 Å². The van der Waals surface area contributed by atoms with E-state index in [0.29, 0.717) is 36.8 Å². The van der Waals surface area contributed by atoms with E-state index in [1.165, 1.54) is 18.3 Å². The van der Waals surface area contributed by atoms with Crippen LogP contribution in [0, 0.1) is 5.82 Å². The average molecular weight is 397 g/mol. The molecular weight excluding hydrogens is 373 g/mol. The Morgan fingerprint density at radius 3 is 2.86 bits per heavy atom. The van der Waals surface area contributed by atoms with Crippen LogP contribution in [-0.4, -0.2) is 38.6 Å². The van der Waals surface area contributed by atoms with E-state index in [1.807, 2.05) is 6.92 Å². The number of hydrogen-bond donors (Lipinski definition) is 1. The van der Waals surface area contributed by atoms with E-state index in [-0.39, 0.29) is 17.4 Å². The second-order valence-corrected chi connectivity index (χ2v) is 7.14. The normalized spacial score (nSPS) is 14.8. The Kier molecular flexibility index (Phi) is 5.71. The molecule has 29 heavy (non-hydrogen) atoms. The number of ether oxygens (including phenoxy) is 1. The summed E-state index contributed by atoms with van der Waals surface area (Å²) in [6.45, 7) is 4.07. The Morgan fingerprint density at radius 1 is 1.28 bits per heavy atom. The number of nitrogens with one attached hydrogen (secondary N) is 1. The maximum absolute atomic E-state index is 14.7. The van der Waals surface area contributed by atoms with Crippen molar-refractivity contribution in [2.75, 3.05) is 18.5 Å². The maximum Gasteiger partial charge on any atom is 0.250 e. The second kappa shape index (κ2) is 8.57. The second-order valence-electron chi connectivity index (χ2n) is 7.14. The van der Waals surface area contributed by atoms with Crippen molar-refractivity contribution in [3.8, 4) is 16.9 Å². The molecule has 3 aromatic heterocycles. The highest BCUT2D eigenvalue weighted by molar-refractivity contribution is 5.60. The van der Waals surface area contributed by atoms with Gasteiger partial charge in [-0.15, -0.1) is 0 Å². The third-order valence-electron chi connectivity index (χ3n) is 4.99. The Morgan fingerprint density at radius 2 is 2.10 bits per heavy atom. The molecule has 1 aliphatic heterocycles. The zero-order valence-electron chi connectivity index (χ0n) is 16.3. The standard InChI is InChI=1S/C21H24FN5O2/c1-2-8-26-14-16(3-4-21(26)28)27-9-5-19(25-27)17-13-23-20(12-18(17)22)24-15-6-10-29-11-7-15/h3-5,9,12-15H,2,6-8,10-11H2,1H3,(H,23,24). The molecule has 0 atom stereocenters. The van der Waals surface area contributed by atoms with Gasteiger partial charge in [0.25, 0.3) is 5.56 Å². The van der Waals surface area contributed by atoms with Crippen molar-refractivity contribution in [2.24, 2.45) is 0 Å². The molecule has 1 N–H and O–H groups in total. The fourth-order valence-electron chi connectivity index (χ4n) is 3.43. The summed E-state index contributed by atoms with van der Waals surface area (Å²) in [5, 5.41) is 7.74. The number of nitrogens with zero attached hydrogens (tertiary/aromatic N) is 4. The number of halogens is 1. The highest BCUT2D eigenvalue weighted by atomic mass is 19.1. The van der Waals surface area contributed by atoms with E-state index in [2.05, 4.69) is 15.4 Å². The Bertz CT molecular complexity index is 1040. The van der Waals surface area contributed by atoms with Gasteiger partial charge in [0.1, 0.15) is 11.6 Å². The zero-order valence-corrected chi connectivity index (χ0v) is 16.3. The molecule has 0 unspecified atom stereocenters. The average Bonchev–Trinajstić information content (AvgIpc) is 3.20. The zero-order chi connectivity index (χ0) is 20.2. The summed E-state index contributed by atoms with van der Waals surface area (Å²) in [6, 6.07) is 6.62. The van der Waals surface area contributed by atoms with Crippen LogP contribution in [0.1, 0.15) is 26.2 Å². The van der Waals surface area contributed by atoms with E-state index in [0.717, 1.165) is 24.9 Å². The molecule has 1 fully saturated rings. The smallest absolute Gasteiger partial charge is 0.250 e. The van der Waals surface area contributed by atoms with Gasteiger partial charge in [-0.3, -0.25) is 4.79 Å². The minimum absolute atomic E-state index is 0.0501. The van der Waals surface area contributed by atoms with Crippen LogP contribution in [0.5, 0.6) is 0 Å². The van der Waals surface area contributed by atoms with E-state index >= 15 is 0 Å². The monoisotopic (exact) mass is 397 g/mol. The summed E-state index contributed by atoms with van der Waals surface area (Å²) < 4.78 is 23.3. The number of pyridine rings is 2. The molecule has 7 nitrogen and oxygen atoms in total. The van der Waals surface area contributed by atoms with Crippen LogP contribution < -0.4 is 10.9 Å². The van der Waals surface area contributed by atoms with Gasteiger partial charge in [0, 0.05) is 56.5 Å². The van der Waals surface area contributed by atoms with Crippen molar-refractivity contribution >= 4 is 5.82 Å². The number of aromatic nitrogens is 4. The third-order valence-corrected chi connectivity index (χ3v) is 4.99. The molecular formula is C21H24FN5O2. The first kappa shape index (κ1) is 19.3. The molecule has 1 saturated heterocycles. The quantitative estimate of drug-likeness (QED) is 0.691. The first-order valence-corrected chi connectivity index (χ1v) is 9.91. The lowest BCUT2D eigenvalue weighted by Crippen LogP contribution is -2.28. The SMILES string of the molecule is CCCn1cc(-n2ccc(-c3cnc(NC4CCOCC4)cc3F)n2)ccc1=O. The van der Waals surface area contributed by atoms with Crippen molar-refractivity contribution in [1.82, 2.24) is 19.3 Å². The predicted octanol–water partition coefficient (Wildman–Crippen LogP) is 3.24. The molecule has 3 aromatic rings. The van der Waals surface area contributed by atoms with Crippen LogP contribution in [0.25, 0.3) is 16.9 Å². The molecule has 152 valence electrons.